The Morgan fingerprint density at radius 3 is 2.54 bits per heavy atom. The molecule has 1 aromatic carbocycles. The average molecular weight is 387 g/mol. The number of amides is 1. The normalized spacial score (nSPS) is 10.4. The van der Waals surface area contributed by atoms with E-state index in [1.165, 1.54) is 4.90 Å². The Labute approximate surface area is 161 Å². The van der Waals surface area contributed by atoms with Gasteiger partial charge in [0.1, 0.15) is 0 Å². The van der Waals surface area contributed by atoms with Crippen LogP contribution in [0.5, 0.6) is 0 Å². The van der Waals surface area contributed by atoms with E-state index < -0.39 is 0 Å². The van der Waals surface area contributed by atoms with Crippen molar-refractivity contribution in [3.8, 4) is 0 Å². The molecule has 0 aliphatic rings. The van der Waals surface area contributed by atoms with E-state index in [0.717, 1.165) is 17.7 Å². The zero-order valence-corrected chi connectivity index (χ0v) is 15.5. The van der Waals surface area contributed by atoms with E-state index >= 15 is 0 Å². The maximum absolute atomic E-state index is 11.8. The molecule has 0 atom stereocenters. The molecule has 0 aliphatic carbocycles. The minimum Gasteiger partial charge on any atom is -0.364 e. The van der Waals surface area contributed by atoms with E-state index in [1.807, 2.05) is 31.2 Å². The number of carbonyl (C=O) groups excluding carboxylic acids is 1. The SMILES string of the molecule is Cc1ccc(N(C=O)c2ccc(Cl)c(Cl)c2)c(NCc2ccncc2)n1. The lowest BCUT2D eigenvalue weighted by atomic mass is 10.2. The molecule has 3 aromatic rings. The van der Waals surface area contributed by atoms with E-state index in [2.05, 4.69) is 15.3 Å². The summed E-state index contributed by atoms with van der Waals surface area (Å²) < 4.78 is 0. The van der Waals surface area contributed by atoms with Crippen molar-refractivity contribution in [2.24, 2.45) is 0 Å². The number of pyridine rings is 2. The molecule has 2 heterocycles. The number of hydrogen-bond donors (Lipinski definition) is 1. The van der Waals surface area contributed by atoms with Gasteiger partial charge in [0.05, 0.1) is 21.4 Å². The molecule has 0 spiro atoms. The van der Waals surface area contributed by atoms with Gasteiger partial charge in [-0.3, -0.25) is 14.7 Å². The maximum Gasteiger partial charge on any atom is 0.218 e. The fourth-order valence-corrected chi connectivity index (χ4v) is 2.74. The lowest BCUT2D eigenvalue weighted by Crippen LogP contribution is -2.17. The highest BCUT2D eigenvalue weighted by Gasteiger charge is 2.15. The first-order valence-corrected chi connectivity index (χ1v) is 8.64. The third kappa shape index (κ3) is 4.12. The summed E-state index contributed by atoms with van der Waals surface area (Å²) in [6.45, 7) is 2.45. The number of nitrogens with one attached hydrogen (secondary N) is 1. The van der Waals surface area contributed by atoms with E-state index in [9.17, 15) is 4.79 Å². The van der Waals surface area contributed by atoms with Crippen molar-refractivity contribution in [1.82, 2.24) is 9.97 Å². The van der Waals surface area contributed by atoms with Gasteiger partial charge in [0.25, 0.3) is 0 Å². The Morgan fingerprint density at radius 1 is 1.08 bits per heavy atom. The van der Waals surface area contributed by atoms with Crippen LogP contribution in [0, 0.1) is 6.92 Å². The van der Waals surface area contributed by atoms with Gasteiger partial charge in [-0.1, -0.05) is 23.2 Å². The van der Waals surface area contributed by atoms with Crippen molar-refractivity contribution in [2.45, 2.75) is 13.5 Å². The van der Waals surface area contributed by atoms with E-state index in [0.29, 0.717) is 33.8 Å². The third-order valence-corrected chi connectivity index (χ3v) is 4.51. The van der Waals surface area contributed by atoms with Gasteiger partial charge in [-0.05, 0) is 55.0 Å². The average Bonchev–Trinajstić information content (AvgIpc) is 2.65. The summed E-state index contributed by atoms with van der Waals surface area (Å²) in [7, 11) is 0. The number of nitrogens with zero attached hydrogens (tertiary/aromatic N) is 3. The van der Waals surface area contributed by atoms with E-state index in [4.69, 9.17) is 23.2 Å². The molecule has 7 heteroatoms. The smallest absolute Gasteiger partial charge is 0.218 e. The summed E-state index contributed by atoms with van der Waals surface area (Å²) in [5.41, 5.74) is 3.12. The van der Waals surface area contributed by atoms with Crippen LogP contribution in [-0.2, 0) is 11.3 Å². The molecular weight excluding hydrogens is 371 g/mol. The Morgan fingerprint density at radius 2 is 1.85 bits per heavy atom. The number of hydrogen-bond acceptors (Lipinski definition) is 4. The van der Waals surface area contributed by atoms with E-state index in [1.54, 1.807) is 30.6 Å². The summed E-state index contributed by atoms with van der Waals surface area (Å²) in [4.78, 5) is 21.8. The van der Waals surface area contributed by atoms with Crippen molar-refractivity contribution >= 4 is 46.8 Å². The molecule has 0 saturated carbocycles. The molecule has 2 aromatic heterocycles. The molecule has 0 fully saturated rings. The number of halogens is 2. The van der Waals surface area contributed by atoms with Gasteiger partial charge in [-0.25, -0.2) is 4.98 Å². The van der Waals surface area contributed by atoms with Crippen LogP contribution in [0.1, 0.15) is 11.3 Å². The summed E-state index contributed by atoms with van der Waals surface area (Å²) in [6, 6.07) is 12.5. The monoisotopic (exact) mass is 386 g/mol. The number of benzene rings is 1. The Kier molecular flexibility index (Phi) is 5.71. The van der Waals surface area contributed by atoms with Gasteiger partial charge >= 0.3 is 0 Å². The Balaban J connectivity index is 1.94. The fraction of sp³-hybridized carbons (Fsp3) is 0.105. The minimum atomic E-state index is 0.377. The Hall–Kier alpha value is -2.63. The molecule has 0 aliphatic heterocycles. The molecule has 3 rings (SSSR count). The zero-order chi connectivity index (χ0) is 18.5. The van der Waals surface area contributed by atoms with Gasteiger partial charge in [-0.2, -0.15) is 0 Å². The van der Waals surface area contributed by atoms with Gasteiger partial charge in [0.2, 0.25) is 6.41 Å². The molecule has 1 amide bonds. The molecule has 0 saturated heterocycles. The summed E-state index contributed by atoms with van der Waals surface area (Å²) in [6.07, 6.45) is 4.19. The molecule has 1 N–H and O–H groups in total. The van der Waals surface area contributed by atoms with Gasteiger partial charge in [0.15, 0.2) is 5.82 Å². The van der Waals surface area contributed by atoms with Crippen LogP contribution in [0.4, 0.5) is 17.2 Å². The Bertz CT molecular complexity index is 919. The first kappa shape index (κ1) is 18.2. The lowest BCUT2D eigenvalue weighted by Gasteiger charge is -2.21. The van der Waals surface area contributed by atoms with Crippen LogP contribution in [0.3, 0.4) is 0 Å². The second kappa shape index (κ2) is 8.17. The molecule has 132 valence electrons. The lowest BCUT2D eigenvalue weighted by molar-refractivity contribution is -0.106. The summed E-state index contributed by atoms with van der Waals surface area (Å²) in [5, 5.41) is 4.09. The van der Waals surface area contributed by atoms with E-state index in [-0.39, 0.29) is 0 Å². The van der Waals surface area contributed by atoms with Crippen LogP contribution in [0.2, 0.25) is 10.0 Å². The van der Waals surface area contributed by atoms with Crippen LogP contribution >= 0.6 is 23.2 Å². The molecule has 0 radical (unpaired) electrons. The standard InChI is InChI=1S/C19H16Cl2N4O/c1-13-2-5-18(19(24-13)23-11-14-6-8-22-9-7-14)25(12-26)15-3-4-16(20)17(21)10-15/h2-10,12H,11H2,1H3,(H,23,24). The summed E-state index contributed by atoms with van der Waals surface area (Å²) in [5.74, 6) is 0.597. The first-order valence-electron chi connectivity index (χ1n) is 7.88. The van der Waals surface area contributed by atoms with Gasteiger partial charge < -0.3 is 5.32 Å². The number of rotatable bonds is 6. The van der Waals surface area contributed by atoms with Crippen LogP contribution in [0.25, 0.3) is 0 Å². The number of anilines is 3. The van der Waals surface area contributed by atoms with Crippen molar-refractivity contribution in [3.63, 3.8) is 0 Å². The van der Waals surface area contributed by atoms with Gasteiger partial charge in [0, 0.05) is 24.6 Å². The predicted octanol–water partition coefficient (Wildman–Crippen LogP) is 5.00. The van der Waals surface area contributed by atoms with Gasteiger partial charge in [-0.15, -0.1) is 0 Å². The molecule has 5 nitrogen and oxygen atoms in total. The van der Waals surface area contributed by atoms with Crippen LogP contribution < -0.4 is 10.2 Å². The van der Waals surface area contributed by atoms with Crippen molar-refractivity contribution in [1.29, 1.82) is 0 Å². The van der Waals surface area contributed by atoms with Crippen LogP contribution in [0.15, 0.2) is 54.9 Å². The largest absolute Gasteiger partial charge is 0.364 e. The molecule has 26 heavy (non-hydrogen) atoms. The van der Waals surface area contributed by atoms with Crippen molar-refractivity contribution < 1.29 is 4.79 Å². The summed E-state index contributed by atoms with van der Waals surface area (Å²) >= 11 is 12.1. The number of carbonyl (C=O) groups is 1. The fourth-order valence-electron chi connectivity index (χ4n) is 2.45. The van der Waals surface area contributed by atoms with Crippen LogP contribution in [-0.4, -0.2) is 16.4 Å². The second-order valence-corrected chi connectivity index (χ2v) is 6.42. The molecule has 0 bridgehead atoms. The third-order valence-electron chi connectivity index (χ3n) is 3.77. The van der Waals surface area contributed by atoms with Crippen molar-refractivity contribution in [3.05, 3.63) is 76.2 Å². The minimum absolute atomic E-state index is 0.377. The first-order chi connectivity index (χ1) is 12.6. The highest BCUT2D eigenvalue weighted by Crippen LogP contribution is 2.33. The zero-order valence-electron chi connectivity index (χ0n) is 14.0. The quantitative estimate of drug-likeness (QED) is 0.605. The van der Waals surface area contributed by atoms with Crippen molar-refractivity contribution in [2.75, 3.05) is 10.2 Å². The maximum atomic E-state index is 11.8. The topological polar surface area (TPSA) is 58.1 Å². The molecular formula is C19H16Cl2N4O. The number of aromatic nitrogens is 2. The second-order valence-electron chi connectivity index (χ2n) is 5.60. The predicted molar refractivity (Wildman–Crippen MR) is 105 cm³/mol. The highest BCUT2D eigenvalue weighted by atomic mass is 35.5. The molecule has 0 unspecified atom stereocenters. The highest BCUT2D eigenvalue weighted by molar-refractivity contribution is 6.42. The number of aryl methyl sites for hydroxylation is 1.